The lowest BCUT2D eigenvalue weighted by Gasteiger charge is -2.13. The first-order valence-electron chi connectivity index (χ1n) is 6.52. The second kappa shape index (κ2) is 6.93. The number of rotatable bonds is 7. The molecule has 1 unspecified atom stereocenters. The van der Waals surface area contributed by atoms with E-state index in [1.165, 1.54) is 17.7 Å². The highest BCUT2D eigenvalue weighted by molar-refractivity contribution is 7.09. The van der Waals surface area contributed by atoms with Crippen LogP contribution in [0.2, 0.25) is 0 Å². The Labute approximate surface area is 125 Å². The molecule has 0 amide bonds. The second-order valence-corrected chi connectivity index (χ2v) is 5.27. The summed E-state index contributed by atoms with van der Waals surface area (Å²) in [5, 5.41) is 20.0. The SMILES string of the molecule is CCCNc1ncnc(NC(C)c2nccs2)c1[N+](=O)[O-]. The van der Waals surface area contributed by atoms with Gasteiger partial charge in [-0.3, -0.25) is 10.1 Å². The lowest BCUT2D eigenvalue weighted by molar-refractivity contribution is -0.383. The molecule has 2 N–H and O–H groups in total. The molecular weight excluding hydrogens is 292 g/mol. The summed E-state index contributed by atoms with van der Waals surface area (Å²) >= 11 is 1.48. The minimum Gasteiger partial charge on any atom is -0.364 e. The number of nitrogens with one attached hydrogen (secondary N) is 2. The van der Waals surface area contributed by atoms with E-state index in [0.29, 0.717) is 6.54 Å². The summed E-state index contributed by atoms with van der Waals surface area (Å²) in [7, 11) is 0. The molecule has 0 saturated carbocycles. The van der Waals surface area contributed by atoms with Crippen molar-refractivity contribution in [2.75, 3.05) is 17.2 Å². The fourth-order valence-electron chi connectivity index (χ4n) is 1.75. The van der Waals surface area contributed by atoms with Gasteiger partial charge in [-0.05, 0) is 13.3 Å². The molecule has 0 saturated heterocycles. The molecule has 2 rings (SSSR count). The summed E-state index contributed by atoms with van der Waals surface area (Å²) in [4.78, 5) is 23.0. The van der Waals surface area contributed by atoms with Gasteiger partial charge in [-0.2, -0.15) is 0 Å². The van der Waals surface area contributed by atoms with Crippen molar-refractivity contribution in [3.63, 3.8) is 0 Å². The van der Waals surface area contributed by atoms with Crippen molar-refractivity contribution >= 4 is 28.7 Å². The van der Waals surface area contributed by atoms with Crippen molar-refractivity contribution in [3.05, 3.63) is 33.0 Å². The van der Waals surface area contributed by atoms with Crippen molar-refractivity contribution < 1.29 is 4.92 Å². The molecule has 112 valence electrons. The molecule has 2 heterocycles. The average molecular weight is 308 g/mol. The van der Waals surface area contributed by atoms with E-state index in [2.05, 4.69) is 25.6 Å². The molecule has 2 aromatic rings. The smallest absolute Gasteiger partial charge is 0.353 e. The first-order chi connectivity index (χ1) is 10.1. The molecule has 0 aliphatic rings. The molecule has 0 fully saturated rings. The van der Waals surface area contributed by atoms with Crippen LogP contribution in [0.5, 0.6) is 0 Å². The maximum absolute atomic E-state index is 11.3. The van der Waals surface area contributed by atoms with E-state index in [1.54, 1.807) is 6.20 Å². The molecule has 2 aromatic heterocycles. The maximum atomic E-state index is 11.3. The molecule has 0 radical (unpaired) electrons. The largest absolute Gasteiger partial charge is 0.364 e. The van der Waals surface area contributed by atoms with Crippen LogP contribution in [0.25, 0.3) is 0 Å². The lowest BCUT2D eigenvalue weighted by atomic mass is 10.3. The van der Waals surface area contributed by atoms with Crippen molar-refractivity contribution in [2.45, 2.75) is 26.3 Å². The first kappa shape index (κ1) is 15.1. The van der Waals surface area contributed by atoms with Crippen LogP contribution in [0.3, 0.4) is 0 Å². The van der Waals surface area contributed by atoms with E-state index < -0.39 is 4.92 Å². The van der Waals surface area contributed by atoms with Crippen molar-refractivity contribution in [1.82, 2.24) is 15.0 Å². The summed E-state index contributed by atoms with van der Waals surface area (Å²) in [5.74, 6) is 0.419. The average Bonchev–Trinajstić information content (AvgIpc) is 2.99. The molecule has 0 aromatic carbocycles. The zero-order valence-electron chi connectivity index (χ0n) is 11.7. The summed E-state index contributed by atoms with van der Waals surface area (Å²) < 4.78 is 0. The number of thiazole rings is 1. The number of aromatic nitrogens is 3. The predicted molar refractivity (Wildman–Crippen MR) is 81.6 cm³/mol. The molecule has 0 spiro atoms. The van der Waals surface area contributed by atoms with E-state index >= 15 is 0 Å². The Morgan fingerprint density at radius 3 is 2.76 bits per heavy atom. The van der Waals surface area contributed by atoms with Gasteiger partial charge in [0.1, 0.15) is 11.3 Å². The monoisotopic (exact) mass is 308 g/mol. The molecule has 21 heavy (non-hydrogen) atoms. The topological polar surface area (TPSA) is 106 Å². The van der Waals surface area contributed by atoms with Gasteiger partial charge in [0.15, 0.2) is 0 Å². The second-order valence-electron chi connectivity index (χ2n) is 4.34. The minimum absolute atomic E-state index is 0.144. The van der Waals surface area contributed by atoms with Crippen LogP contribution in [0.4, 0.5) is 17.3 Å². The van der Waals surface area contributed by atoms with Crippen LogP contribution < -0.4 is 10.6 Å². The maximum Gasteiger partial charge on any atom is 0.353 e. The molecular formula is C12H16N6O2S. The van der Waals surface area contributed by atoms with E-state index in [0.717, 1.165) is 11.4 Å². The van der Waals surface area contributed by atoms with Gasteiger partial charge in [0.25, 0.3) is 0 Å². The van der Waals surface area contributed by atoms with E-state index in [9.17, 15) is 10.1 Å². The highest BCUT2D eigenvalue weighted by atomic mass is 32.1. The van der Waals surface area contributed by atoms with Crippen molar-refractivity contribution in [1.29, 1.82) is 0 Å². The number of nitro groups is 1. The molecule has 9 heteroatoms. The number of hydrogen-bond acceptors (Lipinski definition) is 8. The summed E-state index contributed by atoms with van der Waals surface area (Å²) in [6.45, 7) is 4.47. The van der Waals surface area contributed by atoms with Crippen LogP contribution in [0, 0.1) is 10.1 Å². The zero-order valence-corrected chi connectivity index (χ0v) is 12.6. The number of anilines is 2. The van der Waals surface area contributed by atoms with Crippen LogP contribution in [0.1, 0.15) is 31.3 Å². The standard InChI is InChI=1S/C12H16N6O2S/c1-3-4-13-10-9(18(19)20)11(16-7-15-10)17-8(2)12-14-5-6-21-12/h5-8H,3-4H2,1-2H3,(H2,13,15,16,17). The fourth-order valence-corrected chi connectivity index (χ4v) is 2.39. The Kier molecular flexibility index (Phi) is 4.99. The summed E-state index contributed by atoms with van der Waals surface area (Å²) in [6.07, 6.45) is 3.85. The van der Waals surface area contributed by atoms with Gasteiger partial charge >= 0.3 is 5.69 Å². The van der Waals surface area contributed by atoms with Crippen LogP contribution in [-0.4, -0.2) is 26.4 Å². The van der Waals surface area contributed by atoms with E-state index in [1.807, 2.05) is 19.2 Å². The minimum atomic E-state index is -0.477. The van der Waals surface area contributed by atoms with Gasteiger partial charge in [-0.1, -0.05) is 6.92 Å². The van der Waals surface area contributed by atoms with E-state index in [4.69, 9.17) is 0 Å². The Morgan fingerprint density at radius 1 is 1.38 bits per heavy atom. The van der Waals surface area contributed by atoms with Crippen LogP contribution in [0.15, 0.2) is 17.9 Å². The molecule has 8 nitrogen and oxygen atoms in total. The van der Waals surface area contributed by atoms with Gasteiger partial charge < -0.3 is 10.6 Å². The summed E-state index contributed by atoms with van der Waals surface area (Å²) in [6, 6.07) is -0.169. The Morgan fingerprint density at radius 2 is 2.14 bits per heavy atom. The van der Waals surface area contributed by atoms with E-state index in [-0.39, 0.29) is 23.4 Å². The highest BCUT2D eigenvalue weighted by Crippen LogP contribution is 2.31. The Balaban J connectivity index is 2.27. The normalized spacial score (nSPS) is 11.9. The molecule has 0 bridgehead atoms. The zero-order chi connectivity index (χ0) is 15.2. The van der Waals surface area contributed by atoms with Crippen LogP contribution in [-0.2, 0) is 0 Å². The number of hydrogen-bond donors (Lipinski definition) is 2. The Hall–Kier alpha value is -2.29. The molecule has 0 aliphatic carbocycles. The third-order valence-corrected chi connectivity index (χ3v) is 3.68. The third-order valence-electron chi connectivity index (χ3n) is 2.72. The van der Waals surface area contributed by atoms with Crippen molar-refractivity contribution in [3.8, 4) is 0 Å². The number of nitrogens with zero attached hydrogens (tertiary/aromatic N) is 4. The predicted octanol–water partition coefficient (Wildman–Crippen LogP) is 2.84. The summed E-state index contributed by atoms with van der Waals surface area (Å²) in [5.41, 5.74) is -0.144. The third kappa shape index (κ3) is 3.63. The van der Waals surface area contributed by atoms with Crippen molar-refractivity contribution in [2.24, 2.45) is 0 Å². The van der Waals surface area contributed by atoms with Gasteiger partial charge in [0, 0.05) is 18.1 Å². The van der Waals surface area contributed by atoms with Gasteiger partial charge in [-0.25, -0.2) is 15.0 Å². The Bertz CT molecular complexity index is 604. The molecule has 0 aliphatic heterocycles. The highest BCUT2D eigenvalue weighted by Gasteiger charge is 2.24. The quantitative estimate of drug-likeness (QED) is 0.598. The first-order valence-corrected chi connectivity index (χ1v) is 7.40. The van der Waals surface area contributed by atoms with Gasteiger partial charge in [0.2, 0.25) is 11.6 Å². The fraction of sp³-hybridized carbons (Fsp3) is 0.417. The van der Waals surface area contributed by atoms with Gasteiger partial charge in [0.05, 0.1) is 11.0 Å². The lowest BCUT2D eigenvalue weighted by Crippen LogP contribution is -2.12. The van der Waals surface area contributed by atoms with Gasteiger partial charge in [-0.15, -0.1) is 11.3 Å². The van der Waals surface area contributed by atoms with Crippen LogP contribution >= 0.6 is 11.3 Å². The molecule has 1 atom stereocenters.